The largest absolute Gasteiger partial charge is 0.379 e. The maximum atomic E-state index is 14.3. The fourth-order valence-corrected chi connectivity index (χ4v) is 2.98. The first kappa shape index (κ1) is 15.9. The molecule has 1 saturated heterocycles. The Hall–Kier alpha value is -2.18. The van der Waals surface area contributed by atoms with Crippen molar-refractivity contribution in [2.24, 2.45) is 5.92 Å². The van der Waals surface area contributed by atoms with Crippen molar-refractivity contribution in [3.05, 3.63) is 36.0 Å². The SMILES string of the molecule is [CH2-]c1cc(N2CCC(CC)CC2)c(F)cc1C(C)C.[Es]. The van der Waals surface area contributed by atoms with Gasteiger partial charge >= 0.3 is 0 Å². The third-order valence-electron chi connectivity index (χ3n) is 4.36. The molecule has 0 aromatic heterocycles. The number of nitrogens with zero attached hydrogens (tertiary/aromatic N) is 1. The van der Waals surface area contributed by atoms with Crippen molar-refractivity contribution in [1.29, 1.82) is 0 Å². The molecule has 1 heterocycles. The molecule has 1 aromatic rings. The van der Waals surface area contributed by atoms with Crippen molar-refractivity contribution in [3.63, 3.8) is 0 Å². The van der Waals surface area contributed by atoms with Gasteiger partial charge in [0, 0.05) is 18.8 Å². The Morgan fingerprint density at radius 1 is 1.30 bits per heavy atom. The summed E-state index contributed by atoms with van der Waals surface area (Å²) < 4.78 is 14.3. The van der Waals surface area contributed by atoms with E-state index in [1.54, 1.807) is 6.07 Å². The van der Waals surface area contributed by atoms with E-state index in [1.807, 2.05) is 6.07 Å². The van der Waals surface area contributed by atoms with Gasteiger partial charge in [-0.05, 0) is 18.8 Å². The molecule has 0 amide bonds. The molecule has 0 N–H and O–H groups in total. The van der Waals surface area contributed by atoms with Gasteiger partial charge in [-0.25, -0.2) is 4.39 Å². The van der Waals surface area contributed by atoms with Crippen LogP contribution in [0.1, 0.15) is 57.1 Å². The number of benzene rings is 1. The molecule has 0 aliphatic carbocycles. The summed E-state index contributed by atoms with van der Waals surface area (Å²) >= 11 is 0. The molecule has 0 bridgehead atoms. The average Bonchev–Trinajstić information content (AvgIpc) is 2.41. The van der Waals surface area contributed by atoms with E-state index < -0.39 is 0 Å². The van der Waals surface area contributed by atoms with E-state index in [2.05, 4.69) is 32.6 Å². The zero-order chi connectivity index (χ0) is 14.0. The van der Waals surface area contributed by atoms with Crippen molar-refractivity contribution in [2.75, 3.05) is 18.0 Å². The molecule has 0 unspecified atom stereocenters. The zero-order valence-electron chi connectivity index (χ0n) is 12.7. The number of hydrogen-bond donors (Lipinski definition) is 0. The maximum Gasteiger partial charge on any atom is 0.122 e. The Morgan fingerprint density at radius 2 is 1.90 bits per heavy atom. The summed E-state index contributed by atoms with van der Waals surface area (Å²) in [4.78, 5) is 2.18. The van der Waals surface area contributed by atoms with Gasteiger partial charge in [0.05, 0.1) is 0 Å². The van der Waals surface area contributed by atoms with Crippen LogP contribution in [0, 0.1) is 18.7 Å². The van der Waals surface area contributed by atoms with Crippen LogP contribution in [-0.2, 0) is 0 Å². The zero-order valence-corrected chi connectivity index (χ0v) is 15.2. The van der Waals surface area contributed by atoms with Crippen LogP contribution >= 0.6 is 0 Å². The molecule has 0 saturated carbocycles. The minimum Gasteiger partial charge on any atom is -0.379 e. The predicted molar refractivity (Wildman–Crippen MR) is 80.2 cm³/mol. The summed E-state index contributed by atoms with van der Waals surface area (Å²) in [6.07, 6.45) is 3.59. The first-order chi connectivity index (χ1) is 9.02. The van der Waals surface area contributed by atoms with E-state index in [4.69, 9.17) is 0 Å². The molecule has 20 heavy (non-hydrogen) atoms. The third-order valence-corrected chi connectivity index (χ3v) is 4.36. The van der Waals surface area contributed by atoms with E-state index in [-0.39, 0.29) is 5.82 Å². The molecule has 1 aliphatic heterocycles. The first-order valence-corrected chi connectivity index (χ1v) is 7.43. The fourth-order valence-electron chi connectivity index (χ4n) is 2.98. The van der Waals surface area contributed by atoms with Gasteiger partial charge in [-0.15, -0.1) is 11.6 Å². The van der Waals surface area contributed by atoms with Crippen molar-refractivity contribution in [1.82, 2.24) is 0 Å². The predicted octanol–water partition coefficient (Wildman–Crippen LogP) is 4.76. The molecule has 3 heteroatoms. The standard InChI is InChI=1S/C17H25FN.Es/c1-5-14-6-8-19(9-7-14)17-10-13(4)15(12(2)3)11-16(17)18;/h10-12,14H,4-9H2,1-3H3;/q-1;. The second-order valence-electron chi connectivity index (χ2n) is 6.00. The number of rotatable bonds is 3. The summed E-state index contributed by atoms with van der Waals surface area (Å²) in [5.41, 5.74) is 2.72. The Kier molecular flexibility index (Phi) is 5.01. The summed E-state index contributed by atoms with van der Waals surface area (Å²) in [5.74, 6) is 1.04. The minimum absolute atomic E-state index is 0. The molecule has 1 radical (unpaired) electrons. The van der Waals surface area contributed by atoms with Gasteiger partial charge in [0.2, 0.25) is 0 Å². The minimum atomic E-state index is -0.0916. The molecule has 117 valence electrons. The van der Waals surface area contributed by atoms with Crippen LogP contribution in [-0.4, -0.2) is 13.1 Å². The number of hydrogen-bond acceptors (Lipinski definition) is 1. The Bertz CT molecular complexity index is 437. The second-order valence-corrected chi connectivity index (χ2v) is 6.00. The summed E-state index contributed by atoms with van der Waals surface area (Å²) in [6.45, 7) is 12.4. The monoisotopic (exact) mass is 514 g/mol. The van der Waals surface area contributed by atoms with Crippen molar-refractivity contribution in [3.8, 4) is 0 Å². The van der Waals surface area contributed by atoms with Gasteiger partial charge in [0.25, 0.3) is 0 Å². The summed E-state index contributed by atoms with van der Waals surface area (Å²) in [5, 5.41) is 0. The molecular weight excluding hydrogens is 489 g/mol. The molecule has 2 rings (SSSR count). The Labute approximate surface area is 116 Å². The number of anilines is 1. The first-order valence-electron chi connectivity index (χ1n) is 7.43. The van der Waals surface area contributed by atoms with Crippen molar-refractivity contribution >= 4 is 5.69 Å². The molecule has 1 aromatic carbocycles. The van der Waals surface area contributed by atoms with Crippen LogP contribution in [0.25, 0.3) is 0 Å². The van der Waals surface area contributed by atoms with Crippen LogP contribution in [0.3, 0.4) is 0 Å². The molecule has 1 nitrogen and oxygen atoms in total. The molecular formula is C17H25EsFN-. The normalized spacial score (nSPS) is 16.4. The van der Waals surface area contributed by atoms with Gasteiger partial charge in [0.1, 0.15) is 5.82 Å². The Morgan fingerprint density at radius 3 is 2.40 bits per heavy atom. The number of halogens is 1. The van der Waals surface area contributed by atoms with Gasteiger partial charge < -0.3 is 4.90 Å². The number of piperidine rings is 1. The van der Waals surface area contributed by atoms with E-state index in [1.165, 1.54) is 19.3 Å². The van der Waals surface area contributed by atoms with Crippen molar-refractivity contribution in [2.45, 2.75) is 46.0 Å². The Balaban J connectivity index is 0.00000200. The second kappa shape index (κ2) is 6.31. The van der Waals surface area contributed by atoms with Crippen LogP contribution < -0.4 is 4.90 Å². The summed E-state index contributed by atoms with van der Waals surface area (Å²) in [6, 6.07) is 3.60. The van der Waals surface area contributed by atoms with Crippen LogP contribution in [0.4, 0.5) is 10.1 Å². The maximum absolute atomic E-state index is 14.3. The van der Waals surface area contributed by atoms with E-state index >= 15 is 0 Å². The molecule has 1 aliphatic rings. The molecule has 0 atom stereocenters. The third kappa shape index (κ3) is 3.04. The average molecular weight is 514 g/mol. The van der Waals surface area contributed by atoms with Gasteiger partial charge in [-0.2, -0.15) is 12.5 Å². The van der Waals surface area contributed by atoms with Crippen LogP contribution in [0.15, 0.2) is 12.1 Å². The molecule has 1 fully saturated rings. The topological polar surface area (TPSA) is 3.24 Å². The van der Waals surface area contributed by atoms with E-state index in [0.717, 1.165) is 35.8 Å². The quantitative estimate of drug-likeness (QED) is 0.527. The van der Waals surface area contributed by atoms with Crippen LogP contribution in [0.2, 0.25) is 0 Å². The van der Waals surface area contributed by atoms with Gasteiger partial charge in [0.15, 0.2) is 0 Å². The smallest absolute Gasteiger partial charge is 0.122 e. The van der Waals surface area contributed by atoms with Gasteiger partial charge in [-0.1, -0.05) is 39.2 Å². The van der Waals surface area contributed by atoms with Crippen molar-refractivity contribution < 1.29 is 4.39 Å². The fraction of sp³-hybridized carbons (Fsp3) is 0.588. The summed E-state index contributed by atoms with van der Waals surface area (Å²) in [7, 11) is 0. The van der Waals surface area contributed by atoms with E-state index in [0.29, 0.717) is 5.92 Å². The van der Waals surface area contributed by atoms with Gasteiger partial charge in [-0.3, -0.25) is 0 Å². The van der Waals surface area contributed by atoms with E-state index in [9.17, 15) is 4.39 Å². The molecule has 0 spiro atoms. The van der Waals surface area contributed by atoms with Crippen LogP contribution in [0.5, 0.6) is 0 Å².